The highest BCUT2D eigenvalue weighted by Crippen LogP contribution is 2.18. The number of pyridine rings is 1. The second kappa shape index (κ2) is 8.00. The van der Waals surface area contributed by atoms with Crippen LogP contribution in [0.15, 0.2) is 72.0 Å². The molecule has 0 aliphatic carbocycles. The molecule has 4 rings (SSSR count). The summed E-state index contributed by atoms with van der Waals surface area (Å²) in [5.41, 5.74) is 3.13. The molecule has 0 spiro atoms. The van der Waals surface area contributed by atoms with Gasteiger partial charge in [-0.2, -0.15) is 0 Å². The zero-order valence-corrected chi connectivity index (χ0v) is 14.8. The monoisotopic (exact) mass is 345 g/mol. The van der Waals surface area contributed by atoms with E-state index in [4.69, 9.17) is 4.84 Å². The van der Waals surface area contributed by atoms with E-state index in [0.29, 0.717) is 6.61 Å². The molecule has 0 bridgehead atoms. The number of para-hydroxylation sites is 1. The lowest BCUT2D eigenvalue weighted by Crippen LogP contribution is -2.36. The minimum atomic E-state index is 0.471. The first-order valence-corrected chi connectivity index (χ1v) is 9.24. The normalized spacial score (nSPS) is 15.2. The van der Waals surface area contributed by atoms with Crippen molar-refractivity contribution >= 4 is 16.7 Å². The predicted molar refractivity (Wildman–Crippen MR) is 105 cm³/mol. The number of hydrogen-bond donors (Lipinski definition) is 0. The molecule has 132 valence electrons. The van der Waals surface area contributed by atoms with Gasteiger partial charge in [0.2, 0.25) is 0 Å². The van der Waals surface area contributed by atoms with Crippen LogP contribution in [-0.2, 0) is 11.4 Å². The molecule has 1 aliphatic heterocycles. The van der Waals surface area contributed by atoms with Gasteiger partial charge in [-0.3, -0.25) is 4.98 Å². The highest BCUT2D eigenvalue weighted by Gasteiger charge is 2.18. The lowest BCUT2D eigenvalue weighted by atomic mass is 10.1. The van der Waals surface area contributed by atoms with Crippen LogP contribution < -0.4 is 0 Å². The molecule has 1 fully saturated rings. The van der Waals surface area contributed by atoms with Crippen molar-refractivity contribution in [2.45, 2.75) is 25.9 Å². The van der Waals surface area contributed by atoms with Gasteiger partial charge >= 0.3 is 0 Å². The molecule has 1 aromatic heterocycles. The smallest absolute Gasteiger partial charge is 0.177 e. The summed E-state index contributed by atoms with van der Waals surface area (Å²) in [5.74, 6) is 0.888. The average Bonchev–Trinajstić information content (AvgIpc) is 2.72. The van der Waals surface area contributed by atoms with E-state index in [-0.39, 0.29) is 0 Å². The van der Waals surface area contributed by atoms with Crippen molar-refractivity contribution in [3.8, 4) is 0 Å². The molecular weight excluding hydrogens is 322 g/mol. The van der Waals surface area contributed by atoms with Gasteiger partial charge in [-0.15, -0.1) is 0 Å². The summed E-state index contributed by atoms with van der Waals surface area (Å²) >= 11 is 0. The van der Waals surface area contributed by atoms with Crippen LogP contribution in [0.3, 0.4) is 0 Å². The molecule has 0 saturated carbocycles. The number of piperidine rings is 1. The third-order valence-electron chi connectivity index (χ3n) is 4.73. The maximum absolute atomic E-state index is 5.72. The molecule has 2 aromatic carbocycles. The SMILES string of the molecule is c1ccc(CON=C(c2cnc3ccccc3c2)N2CCCCC2)cc1. The van der Waals surface area contributed by atoms with Gasteiger partial charge in [0.05, 0.1) is 5.52 Å². The summed E-state index contributed by atoms with van der Waals surface area (Å²) in [7, 11) is 0. The Labute approximate surface area is 154 Å². The van der Waals surface area contributed by atoms with Gasteiger partial charge in [0.15, 0.2) is 5.84 Å². The number of oxime groups is 1. The van der Waals surface area contributed by atoms with Crippen LogP contribution in [0.2, 0.25) is 0 Å². The third kappa shape index (κ3) is 3.85. The van der Waals surface area contributed by atoms with Crippen molar-refractivity contribution in [3.05, 3.63) is 78.0 Å². The van der Waals surface area contributed by atoms with Crippen LogP contribution in [0, 0.1) is 0 Å². The number of hydrogen-bond acceptors (Lipinski definition) is 3. The third-order valence-corrected chi connectivity index (χ3v) is 4.73. The van der Waals surface area contributed by atoms with Crippen LogP contribution in [0.25, 0.3) is 10.9 Å². The quantitative estimate of drug-likeness (QED) is 0.394. The topological polar surface area (TPSA) is 37.7 Å². The van der Waals surface area contributed by atoms with Crippen molar-refractivity contribution in [2.75, 3.05) is 13.1 Å². The van der Waals surface area contributed by atoms with E-state index < -0.39 is 0 Å². The fourth-order valence-corrected chi connectivity index (χ4v) is 3.33. The largest absolute Gasteiger partial charge is 0.389 e. The summed E-state index contributed by atoms with van der Waals surface area (Å²) in [6, 6.07) is 20.5. The Morgan fingerprint density at radius 3 is 2.58 bits per heavy atom. The second-order valence-corrected chi connectivity index (χ2v) is 6.64. The summed E-state index contributed by atoms with van der Waals surface area (Å²) in [4.78, 5) is 12.6. The van der Waals surface area contributed by atoms with E-state index in [1.54, 1.807) is 0 Å². The molecule has 3 aromatic rings. The fourth-order valence-electron chi connectivity index (χ4n) is 3.33. The maximum atomic E-state index is 5.72. The highest BCUT2D eigenvalue weighted by molar-refractivity contribution is 6.00. The molecule has 2 heterocycles. The Kier molecular flexibility index (Phi) is 5.10. The molecule has 26 heavy (non-hydrogen) atoms. The Morgan fingerprint density at radius 2 is 1.73 bits per heavy atom. The Hall–Kier alpha value is -2.88. The number of fused-ring (bicyclic) bond motifs is 1. The maximum Gasteiger partial charge on any atom is 0.177 e. The van der Waals surface area contributed by atoms with E-state index in [0.717, 1.165) is 41.0 Å². The molecule has 0 radical (unpaired) electrons. The van der Waals surface area contributed by atoms with Gasteiger partial charge < -0.3 is 9.74 Å². The lowest BCUT2D eigenvalue weighted by Gasteiger charge is -2.29. The number of nitrogens with zero attached hydrogens (tertiary/aromatic N) is 3. The van der Waals surface area contributed by atoms with Gasteiger partial charge in [0.25, 0.3) is 0 Å². The average molecular weight is 345 g/mol. The first-order chi connectivity index (χ1) is 12.9. The van der Waals surface area contributed by atoms with Gasteiger partial charge in [-0.1, -0.05) is 53.7 Å². The van der Waals surface area contributed by atoms with Gasteiger partial charge in [0.1, 0.15) is 6.61 Å². The number of aromatic nitrogens is 1. The molecule has 4 nitrogen and oxygen atoms in total. The first kappa shape index (κ1) is 16.6. The minimum Gasteiger partial charge on any atom is -0.389 e. The van der Waals surface area contributed by atoms with Gasteiger partial charge in [0, 0.05) is 30.2 Å². The summed E-state index contributed by atoms with van der Waals surface area (Å²) in [6.07, 6.45) is 5.57. The fraction of sp³-hybridized carbons (Fsp3) is 0.273. The molecule has 1 aliphatic rings. The number of rotatable bonds is 4. The highest BCUT2D eigenvalue weighted by atomic mass is 16.6. The number of likely N-dealkylation sites (tertiary alicyclic amines) is 1. The lowest BCUT2D eigenvalue weighted by molar-refractivity contribution is 0.125. The van der Waals surface area contributed by atoms with E-state index in [9.17, 15) is 0 Å². The van der Waals surface area contributed by atoms with Crippen LogP contribution in [0.1, 0.15) is 30.4 Å². The zero-order chi connectivity index (χ0) is 17.6. The van der Waals surface area contributed by atoms with Crippen molar-refractivity contribution in [2.24, 2.45) is 5.16 Å². The molecule has 0 N–H and O–H groups in total. The van der Waals surface area contributed by atoms with Crippen molar-refractivity contribution < 1.29 is 4.84 Å². The summed E-state index contributed by atoms with van der Waals surface area (Å²) in [5, 5.41) is 5.65. The van der Waals surface area contributed by atoms with Crippen LogP contribution in [-0.4, -0.2) is 28.8 Å². The van der Waals surface area contributed by atoms with Crippen molar-refractivity contribution in [1.82, 2.24) is 9.88 Å². The van der Waals surface area contributed by atoms with Crippen LogP contribution in [0.4, 0.5) is 0 Å². The van der Waals surface area contributed by atoms with Crippen LogP contribution >= 0.6 is 0 Å². The summed E-state index contributed by atoms with van der Waals surface area (Å²) < 4.78 is 0. The Bertz CT molecular complexity index is 886. The first-order valence-electron chi connectivity index (χ1n) is 9.24. The van der Waals surface area contributed by atoms with Crippen molar-refractivity contribution in [1.29, 1.82) is 0 Å². The minimum absolute atomic E-state index is 0.471. The van der Waals surface area contributed by atoms with E-state index >= 15 is 0 Å². The van der Waals surface area contributed by atoms with Gasteiger partial charge in [-0.05, 0) is 37.0 Å². The van der Waals surface area contributed by atoms with Crippen molar-refractivity contribution in [3.63, 3.8) is 0 Å². The van der Waals surface area contributed by atoms with Gasteiger partial charge in [-0.25, -0.2) is 0 Å². The second-order valence-electron chi connectivity index (χ2n) is 6.64. The zero-order valence-electron chi connectivity index (χ0n) is 14.8. The molecule has 0 amide bonds. The molecular formula is C22H23N3O. The standard InChI is InChI=1S/C22H23N3O/c1-3-9-18(10-4-1)17-26-24-22(25-13-7-2-8-14-25)20-15-19-11-5-6-12-21(19)23-16-20/h1,3-6,9-12,15-16H,2,7-8,13-14,17H2. The van der Waals surface area contributed by atoms with E-state index in [2.05, 4.69) is 27.2 Å². The Morgan fingerprint density at radius 1 is 0.962 bits per heavy atom. The number of amidine groups is 1. The number of benzene rings is 2. The molecule has 0 atom stereocenters. The molecule has 0 unspecified atom stereocenters. The molecule has 4 heteroatoms. The van der Waals surface area contributed by atoms with E-state index in [1.165, 1.54) is 19.3 Å². The molecule has 1 saturated heterocycles. The Balaban J connectivity index is 1.61. The van der Waals surface area contributed by atoms with E-state index in [1.807, 2.05) is 54.7 Å². The van der Waals surface area contributed by atoms with Crippen LogP contribution in [0.5, 0.6) is 0 Å². The summed E-state index contributed by atoms with van der Waals surface area (Å²) in [6.45, 7) is 2.50. The predicted octanol–water partition coefficient (Wildman–Crippen LogP) is 4.60.